The summed E-state index contributed by atoms with van der Waals surface area (Å²) in [6.07, 6.45) is 3.01. The number of piperidine rings is 1. The quantitative estimate of drug-likeness (QED) is 0.716. The molecule has 0 aromatic rings. The van der Waals surface area contributed by atoms with E-state index in [4.69, 9.17) is 10.5 Å². The third-order valence-corrected chi connectivity index (χ3v) is 6.21. The number of hydrogen-bond donors (Lipinski definition) is 1. The number of carbonyl (C=O) groups excluding carboxylic acids is 1. The minimum absolute atomic E-state index is 0.206. The van der Waals surface area contributed by atoms with Crippen LogP contribution in [0.4, 0.5) is 0 Å². The molecule has 21 heavy (non-hydrogen) atoms. The molecule has 122 valence electrons. The van der Waals surface area contributed by atoms with Crippen LogP contribution in [0.5, 0.6) is 0 Å². The van der Waals surface area contributed by atoms with Crippen LogP contribution in [0.2, 0.25) is 0 Å². The first-order valence-corrected chi connectivity index (χ1v) is 9.04. The van der Waals surface area contributed by atoms with E-state index in [2.05, 4.69) is 0 Å². The molecule has 2 rings (SSSR count). The molecule has 0 aliphatic carbocycles. The summed E-state index contributed by atoms with van der Waals surface area (Å²) in [4.78, 5) is 11.9. The summed E-state index contributed by atoms with van der Waals surface area (Å²) in [5.74, 6) is -0.233. The van der Waals surface area contributed by atoms with Gasteiger partial charge in [-0.2, -0.15) is 17.0 Å². The van der Waals surface area contributed by atoms with Crippen molar-refractivity contribution in [3.8, 4) is 0 Å². The number of nitrogens with zero attached hydrogens (tertiary/aromatic N) is 2. The second kappa shape index (κ2) is 7.04. The van der Waals surface area contributed by atoms with Gasteiger partial charge in [0.15, 0.2) is 0 Å². The lowest BCUT2D eigenvalue weighted by Crippen LogP contribution is -2.52. The van der Waals surface area contributed by atoms with Crippen LogP contribution in [0.25, 0.3) is 0 Å². The van der Waals surface area contributed by atoms with Crippen molar-refractivity contribution in [2.45, 2.75) is 38.6 Å². The van der Waals surface area contributed by atoms with Crippen LogP contribution in [-0.4, -0.2) is 61.8 Å². The van der Waals surface area contributed by atoms with E-state index in [0.29, 0.717) is 39.0 Å². The molecular formula is C13H25N3O4S. The van der Waals surface area contributed by atoms with Crippen LogP contribution in [0, 0.1) is 5.92 Å². The highest BCUT2D eigenvalue weighted by molar-refractivity contribution is 7.86. The summed E-state index contributed by atoms with van der Waals surface area (Å²) in [7, 11) is -3.61. The molecule has 0 aromatic carbocycles. The molecule has 7 nitrogen and oxygen atoms in total. The van der Waals surface area contributed by atoms with Crippen molar-refractivity contribution in [1.82, 2.24) is 8.61 Å². The molecule has 2 heterocycles. The first-order chi connectivity index (χ1) is 10.0. The molecule has 2 N–H and O–H groups in total. The maximum Gasteiger partial charge on any atom is 0.324 e. The second-order valence-electron chi connectivity index (χ2n) is 5.63. The van der Waals surface area contributed by atoms with Gasteiger partial charge < -0.3 is 10.5 Å². The molecule has 0 bridgehead atoms. The van der Waals surface area contributed by atoms with Crippen LogP contribution in [0.3, 0.4) is 0 Å². The van der Waals surface area contributed by atoms with Crippen molar-refractivity contribution in [1.29, 1.82) is 0 Å². The molecule has 0 saturated carbocycles. The van der Waals surface area contributed by atoms with E-state index in [0.717, 1.165) is 12.8 Å². The zero-order valence-electron chi connectivity index (χ0n) is 12.5. The lowest BCUT2D eigenvalue weighted by Gasteiger charge is -2.35. The monoisotopic (exact) mass is 319 g/mol. The Morgan fingerprint density at radius 1 is 1.29 bits per heavy atom. The zero-order valence-corrected chi connectivity index (χ0v) is 13.3. The summed E-state index contributed by atoms with van der Waals surface area (Å²) in [5.41, 5.74) is 5.67. The highest BCUT2D eigenvalue weighted by Crippen LogP contribution is 2.27. The number of esters is 1. The highest BCUT2D eigenvalue weighted by atomic mass is 32.2. The van der Waals surface area contributed by atoms with E-state index in [1.807, 2.05) is 0 Å². The lowest BCUT2D eigenvalue weighted by atomic mass is 10.0. The third-order valence-electron chi connectivity index (χ3n) is 4.20. The Hall–Kier alpha value is -0.700. The molecule has 0 radical (unpaired) electrons. The van der Waals surface area contributed by atoms with Gasteiger partial charge in [-0.3, -0.25) is 4.79 Å². The highest BCUT2D eigenvalue weighted by Gasteiger charge is 2.43. The van der Waals surface area contributed by atoms with Gasteiger partial charge in [-0.1, -0.05) is 0 Å². The van der Waals surface area contributed by atoms with E-state index < -0.39 is 22.2 Å². The molecule has 0 spiro atoms. The first-order valence-electron chi connectivity index (χ1n) is 7.64. The Kier molecular flexibility index (Phi) is 5.59. The predicted molar refractivity (Wildman–Crippen MR) is 78.6 cm³/mol. The van der Waals surface area contributed by atoms with Crippen molar-refractivity contribution in [3.05, 3.63) is 0 Å². The summed E-state index contributed by atoms with van der Waals surface area (Å²) in [5, 5.41) is 0. The first kappa shape index (κ1) is 16.7. The second-order valence-corrected chi connectivity index (χ2v) is 7.51. The maximum atomic E-state index is 12.8. The fourth-order valence-electron chi connectivity index (χ4n) is 3.07. The molecular weight excluding hydrogens is 294 g/mol. The van der Waals surface area contributed by atoms with Gasteiger partial charge in [0.25, 0.3) is 10.2 Å². The number of hydrogen-bond acceptors (Lipinski definition) is 5. The van der Waals surface area contributed by atoms with Crippen LogP contribution in [-0.2, 0) is 19.7 Å². The Labute approximate surface area is 126 Å². The average molecular weight is 319 g/mol. The molecule has 8 heteroatoms. The molecule has 2 aliphatic heterocycles. The smallest absolute Gasteiger partial charge is 0.324 e. The fourth-order valence-corrected chi connectivity index (χ4v) is 5.00. The molecule has 2 fully saturated rings. The standard InChI is InChI=1S/C13H25N3O4S/c1-2-20-13(17)12-6-4-8-16(12)21(18,19)15-7-3-5-11(9-14)10-15/h11-12H,2-10,14H2,1H3. The van der Waals surface area contributed by atoms with Gasteiger partial charge in [-0.05, 0) is 45.1 Å². The van der Waals surface area contributed by atoms with Gasteiger partial charge in [0.05, 0.1) is 6.61 Å². The van der Waals surface area contributed by atoms with Crippen LogP contribution >= 0.6 is 0 Å². The lowest BCUT2D eigenvalue weighted by molar-refractivity contribution is -0.146. The van der Waals surface area contributed by atoms with E-state index in [-0.39, 0.29) is 12.5 Å². The Balaban J connectivity index is 2.12. The van der Waals surface area contributed by atoms with E-state index in [9.17, 15) is 13.2 Å². The summed E-state index contributed by atoms with van der Waals surface area (Å²) in [6.45, 7) is 3.82. The minimum atomic E-state index is -3.61. The molecule has 2 aliphatic rings. The average Bonchev–Trinajstić information content (AvgIpc) is 2.98. The van der Waals surface area contributed by atoms with Crippen molar-refractivity contribution in [3.63, 3.8) is 0 Å². The number of rotatable bonds is 5. The topological polar surface area (TPSA) is 92.9 Å². The third kappa shape index (κ3) is 3.56. The predicted octanol–water partition coefficient (Wildman–Crippen LogP) is -0.0706. The molecule has 0 aromatic heterocycles. The molecule has 2 saturated heterocycles. The largest absolute Gasteiger partial charge is 0.465 e. The van der Waals surface area contributed by atoms with Gasteiger partial charge in [-0.25, -0.2) is 0 Å². The van der Waals surface area contributed by atoms with Crippen molar-refractivity contribution < 1.29 is 17.9 Å². The number of ether oxygens (including phenoxy) is 1. The minimum Gasteiger partial charge on any atom is -0.465 e. The molecule has 0 amide bonds. The van der Waals surface area contributed by atoms with Gasteiger partial charge in [-0.15, -0.1) is 0 Å². The summed E-state index contributed by atoms with van der Waals surface area (Å²) < 4.78 is 33.3. The fraction of sp³-hybridized carbons (Fsp3) is 0.923. The zero-order chi connectivity index (χ0) is 15.5. The van der Waals surface area contributed by atoms with Gasteiger partial charge in [0.2, 0.25) is 0 Å². The van der Waals surface area contributed by atoms with Gasteiger partial charge >= 0.3 is 5.97 Å². The van der Waals surface area contributed by atoms with Crippen molar-refractivity contribution in [2.75, 3.05) is 32.8 Å². The Morgan fingerprint density at radius 2 is 2.00 bits per heavy atom. The SMILES string of the molecule is CCOC(=O)C1CCCN1S(=O)(=O)N1CCCC(CN)C1. The normalized spacial score (nSPS) is 28.7. The van der Waals surface area contributed by atoms with E-state index in [1.165, 1.54) is 8.61 Å². The van der Waals surface area contributed by atoms with Crippen molar-refractivity contribution >= 4 is 16.2 Å². The van der Waals surface area contributed by atoms with Crippen molar-refractivity contribution in [2.24, 2.45) is 11.7 Å². The summed E-state index contributed by atoms with van der Waals surface area (Å²) >= 11 is 0. The molecule has 2 unspecified atom stereocenters. The Morgan fingerprint density at radius 3 is 2.67 bits per heavy atom. The van der Waals surface area contributed by atoms with Crippen LogP contribution in [0.1, 0.15) is 32.6 Å². The van der Waals surface area contributed by atoms with E-state index in [1.54, 1.807) is 6.92 Å². The number of carbonyl (C=O) groups is 1. The van der Waals surface area contributed by atoms with Gasteiger partial charge in [0, 0.05) is 19.6 Å². The van der Waals surface area contributed by atoms with Gasteiger partial charge in [0.1, 0.15) is 6.04 Å². The Bertz CT molecular complexity index is 468. The summed E-state index contributed by atoms with van der Waals surface area (Å²) in [6, 6.07) is -0.673. The maximum absolute atomic E-state index is 12.8. The molecule has 2 atom stereocenters. The number of nitrogens with two attached hydrogens (primary N) is 1. The van der Waals surface area contributed by atoms with Crippen LogP contribution < -0.4 is 5.73 Å². The van der Waals surface area contributed by atoms with Crippen LogP contribution in [0.15, 0.2) is 0 Å². The van der Waals surface area contributed by atoms with E-state index >= 15 is 0 Å².